The standard InChI is InChI=1S/C15H19NO3/c1-9(16)14(17)12-8-13(18-2)10-6-4-5-7-11(10)15(12)19-3/h4-9,14,17H,16H2,1-3H3. The Labute approximate surface area is 112 Å². The Morgan fingerprint density at radius 2 is 1.74 bits per heavy atom. The van der Waals surface area contributed by atoms with Crippen molar-refractivity contribution >= 4 is 10.8 Å². The zero-order chi connectivity index (χ0) is 14.0. The molecular weight excluding hydrogens is 242 g/mol. The van der Waals surface area contributed by atoms with E-state index in [0.717, 1.165) is 10.8 Å². The van der Waals surface area contributed by atoms with E-state index in [9.17, 15) is 5.11 Å². The Balaban J connectivity index is 2.77. The second kappa shape index (κ2) is 5.47. The minimum absolute atomic E-state index is 0.389. The number of aliphatic hydroxyl groups is 1. The summed E-state index contributed by atoms with van der Waals surface area (Å²) in [6.07, 6.45) is -0.798. The van der Waals surface area contributed by atoms with E-state index in [1.165, 1.54) is 0 Å². The van der Waals surface area contributed by atoms with Crippen molar-refractivity contribution in [3.05, 3.63) is 35.9 Å². The molecule has 0 saturated carbocycles. The number of ether oxygens (including phenoxy) is 2. The smallest absolute Gasteiger partial charge is 0.132 e. The third-order valence-corrected chi connectivity index (χ3v) is 3.23. The highest BCUT2D eigenvalue weighted by molar-refractivity contribution is 5.94. The van der Waals surface area contributed by atoms with Gasteiger partial charge in [0.1, 0.15) is 11.5 Å². The highest BCUT2D eigenvalue weighted by Gasteiger charge is 2.21. The largest absolute Gasteiger partial charge is 0.496 e. The van der Waals surface area contributed by atoms with E-state index in [4.69, 9.17) is 15.2 Å². The fraction of sp³-hybridized carbons (Fsp3) is 0.333. The second-order valence-corrected chi connectivity index (χ2v) is 4.55. The third kappa shape index (κ3) is 2.37. The number of rotatable bonds is 4. The summed E-state index contributed by atoms with van der Waals surface area (Å²) in [6.45, 7) is 1.76. The summed E-state index contributed by atoms with van der Waals surface area (Å²) >= 11 is 0. The van der Waals surface area contributed by atoms with Crippen molar-refractivity contribution in [1.29, 1.82) is 0 Å². The lowest BCUT2D eigenvalue weighted by molar-refractivity contribution is 0.149. The van der Waals surface area contributed by atoms with Gasteiger partial charge < -0.3 is 20.3 Å². The summed E-state index contributed by atoms with van der Waals surface area (Å²) in [7, 11) is 3.20. The molecule has 4 heteroatoms. The molecule has 0 amide bonds. The molecular formula is C15H19NO3. The normalized spacial score (nSPS) is 14.2. The number of benzene rings is 2. The topological polar surface area (TPSA) is 64.7 Å². The van der Waals surface area contributed by atoms with Crippen LogP contribution >= 0.6 is 0 Å². The first-order chi connectivity index (χ1) is 9.10. The van der Waals surface area contributed by atoms with E-state index in [0.29, 0.717) is 17.1 Å². The number of hydrogen-bond donors (Lipinski definition) is 2. The average molecular weight is 261 g/mol. The van der Waals surface area contributed by atoms with Gasteiger partial charge in [0.25, 0.3) is 0 Å². The van der Waals surface area contributed by atoms with E-state index in [1.807, 2.05) is 24.3 Å². The zero-order valence-electron chi connectivity index (χ0n) is 11.4. The van der Waals surface area contributed by atoms with Crippen LogP contribution in [0.2, 0.25) is 0 Å². The van der Waals surface area contributed by atoms with Gasteiger partial charge in [0.05, 0.1) is 20.3 Å². The number of methoxy groups -OCH3 is 2. The highest BCUT2D eigenvalue weighted by Crippen LogP contribution is 2.39. The Morgan fingerprint density at radius 3 is 2.26 bits per heavy atom. The van der Waals surface area contributed by atoms with Crippen molar-refractivity contribution < 1.29 is 14.6 Å². The average Bonchev–Trinajstić information content (AvgIpc) is 2.44. The molecule has 19 heavy (non-hydrogen) atoms. The van der Waals surface area contributed by atoms with Crippen molar-refractivity contribution in [2.24, 2.45) is 5.73 Å². The van der Waals surface area contributed by atoms with Crippen molar-refractivity contribution in [3.8, 4) is 11.5 Å². The molecule has 4 nitrogen and oxygen atoms in total. The molecule has 0 saturated heterocycles. The minimum Gasteiger partial charge on any atom is -0.496 e. The quantitative estimate of drug-likeness (QED) is 0.886. The van der Waals surface area contributed by atoms with Gasteiger partial charge in [-0.3, -0.25) is 0 Å². The zero-order valence-corrected chi connectivity index (χ0v) is 11.4. The van der Waals surface area contributed by atoms with Crippen molar-refractivity contribution in [2.75, 3.05) is 14.2 Å². The molecule has 2 aromatic carbocycles. The van der Waals surface area contributed by atoms with Gasteiger partial charge >= 0.3 is 0 Å². The maximum absolute atomic E-state index is 10.2. The number of hydrogen-bond acceptors (Lipinski definition) is 4. The van der Waals surface area contributed by atoms with Crippen LogP contribution in [0.25, 0.3) is 10.8 Å². The van der Waals surface area contributed by atoms with Crippen LogP contribution in [-0.4, -0.2) is 25.4 Å². The van der Waals surface area contributed by atoms with Gasteiger partial charge in [-0.15, -0.1) is 0 Å². The minimum atomic E-state index is -0.798. The van der Waals surface area contributed by atoms with Gasteiger partial charge in [-0.25, -0.2) is 0 Å². The van der Waals surface area contributed by atoms with Crippen LogP contribution in [0.5, 0.6) is 11.5 Å². The summed E-state index contributed by atoms with van der Waals surface area (Å²) in [6, 6.07) is 9.15. The first-order valence-electron chi connectivity index (χ1n) is 6.17. The van der Waals surface area contributed by atoms with Crippen molar-refractivity contribution in [2.45, 2.75) is 19.1 Å². The predicted octanol–water partition coefficient (Wildman–Crippen LogP) is 2.24. The van der Waals surface area contributed by atoms with Gasteiger partial charge in [-0.05, 0) is 13.0 Å². The summed E-state index contributed by atoms with van der Waals surface area (Å²) in [5.74, 6) is 1.34. The van der Waals surface area contributed by atoms with E-state index >= 15 is 0 Å². The molecule has 0 bridgehead atoms. The Bertz CT molecular complexity index is 581. The Hall–Kier alpha value is -1.78. The lowest BCUT2D eigenvalue weighted by Gasteiger charge is -2.21. The van der Waals surface area contributed by atoms with Crippen molar-refractivity contribution in [3.63, 3.8) is 0 Å². The number of nitrogens with two attached hydrogens (primary N) is 1. The molecule has 0 spiro atoms. The predicted molar refractivity (Wildman–Crippen MR) is 75.7 cm³/mol. The van der Waals surface area contributed by atoms with Gasteiger partial charge in [0.15, 0.2) is 0 Å². The molecule has 0 heterocycles. The first-order valence-corrected chi connectivity index (χ1v) is 6.17. The lowest BCUT2D eigenvalue weighted by Crippen LogP contribution is -2.24. The molecule has 2 aromatic rings. The second-order valence-electron chi connectivity index (χ2n) is 4.55. The SMILES string of the molecule is COc1cc(C(O)C(C)N)c(OC)c2ccccc12. The highest BCUT2D eigenvalue weighted by atomic mass is 16.5. The number of fused-ring (bicyclic) bond motifs is 1. The summed E-state index contributed by atoms with van der Waals surface area (Å²) in [4.78, 5) is 0. The molecule has 0 radical (unpaired) electrons. The molecule has 0 aliphatic heterocycles. The van der Waals surface area contributed by atoms with Crippen LogP contribution in [0.1, 0.15) is 18.6 Å². The first kappa shape index (κ1) is 13.6. The molecule has 3 N–H and O–H groups in total. The van der Waals surface area contributed by atoms with Gasteiger partial charge in [-0.2, -0.15) is 0 Å². The fourth-order valence-electron chi connectivity index (χ4n) is 2.24. The van der Waals surface area contributed by atoms with Gasteiger partial charge in [0.2, 0.25) is 0 Å². The summed E-state index contributed by atoms with van der Waals surface area (Å²) in [5.41, 5.74) is 6.43. The molecule has 0 aromatic heterocycles. The lowest BCUT2D eigenvalue weighted by atomic mass is 9.97. The molecule has 0 aliphatic carbocycles. The maximum Gasteiger partial charge on any atom is 0.132 e. The molecule has 0 fully saturated rings. The summed E-state index contributed by atoms with van der Waals surface area (Å²) in [5, 5.41) is 12.1. The van der Waals surface area contributed by atoms with Crippen molar-refractivity contribution in [1.82, 2.24) is 0 Å². The van der Waals surface area contributed by atoms with E-state index < -0.39 is 6.10 Å². The third-order valence-electron chi connectivity index (χ3n) is 3.23. The van der Waals surface area contributed by atoms with Crippen LogP contribution in [0.3, 0.4) is 0 Å². The molecule has 2 atom stereocenters. The van der Waals surface area contributed by atoms with E-state index in [-0.39, 0.29) is 6.04 Å². The van der Waals surface area contributed by atoms with Crippen LogP contribution in [0.15, 0.2) is 30.3 Å². The molecule has 2 rings (SSSR count). The number of aliphatic hydroxyl groups excluding tert-OH is 1. The molecule has 2 unspecified atom stereocenters. The Kier molecular flexibility index (Phi) is 3.93. The van der Waals surface area contributed by atoms with Crippen LogP contribution in [0, 0.1) is 0 Å². The van der Waals surface area contributed by atoms with Gasteiger partial charge in [-0.1, -0.05) is 24.3 Å². The van der Waals surface area contributed by atoms with E-state index in [1.54, 1.807) is 27.2 Å². The van der Waals surface area contributed by atoms with Crippen LogP contribution < -0.4 is 15.2 Å². The van der Waals surface area contributed by atoms with Crippen LogP contribution in [0.4, 0.5) is 0 Å². The monoisotopic (exact) mass is 261 g/mol. The molecule has 102 valence electrons. The maximum atomic E-state index is 10.2. The summed E-state index contributed by atoms with van der Waals surface area (Å²) < 4.78 is 10.8. The van der Waals surface area contributed by atoms with Gasteiger partial charge in [0, 0.05) is 22.4 Å². The molecule has 0 aliphatic rings. The van der Waals surface area contributed by atoms with Crippen LogP contribution in [-0.2, 0) is 0 Å². The Morgan fingerprint density at radius 1 is 1.11 bits per heavy atom. The van der Waals surface area contributed by atoms with E-state index in [2.05, 4.69) is 0 Å². The fourth-order valence-corrected chi connectivity index (χ4v) is 2.24.